The van der Waals surface area contributed by atoms with Gasteiger partial charge in [0.2, 0.25) is 10.0 Å². The summed E-state index contributed by atoms with van der Waals surface area (Å²) in [7, 11) is -1.94. The summed E-state index contributed by atoms with van der Waals surface area (Å²) < 4.78 is 31.7. The van der Waals surface area contributed by atoms with Crippen LogP contribution in [0, 0.1) is 0 Å². The molecule has 0 heterocycles. The minimum atomic E-state index is -3.47. The Morgan fingerprint density at radius 2 is 1.85 bits per heavy atom. The Labute approximate surface area is 118 Å². The second-order valence-corrected chi connectivity index (χ2v) is 6.06. The van der Waals surface area contributed by atoms with Crippen LogP contribution in [0.1, 0.15) is 5.56 Å². The summed E-state index contributed by atoms with van der Waals surface area (Å²) in [6, 6.07) is 13.5. The quantitative estimate of drug-likeness (QED) is 0.828. The smallest absolute Gasteiger partial charge is 0.236 e. The van der Waals surface area contributed by atoms with Crippen LogP contribution in [-0.4, -0.2) is 15.5 Å². The molecule has 106 valence electrons. The van der Waals surface area contributed by atoms with E-state index in [-0.39, 0.29) is 5.75 Å². The maximum Gasteiger partial charge on any atom is 0.236 e. The first kappa shape index (κ1) is 14.2. The van der Waals surface area contributed by atoms with E-state index in [0.29, 0.717) is 22.7 Å². The third-order valence-corrected chi connectivity index (χ3v) is 3.94. The Bertz CT molecular complexity index is 682. The average Bonchev–Trinajstić information content (AvgIpc) is 2.41. The Morgan fingerprint density at radius 3 is 2.50 bits per heavy atom. The Kier molecular flexibility index (Phi) is 4.14. The molecule has 0 radical (unpaired) electrons. The van der Waals surface area contributed by atoms with Crippen molar-refractivity contribution in [2.24, 2.45) is 0 Å². The first-order chi connectivity index (χ1) is 9.48. The SMILES string of the molecule is COc1cccc(NS(=O)(=O)Cc2ccc(N)cc2)c1. The average molecular weight is 292 g/mol. The van der Waals surface area contributed by atoms with Crippen LogP contribution in [0.2, 0.25) is 0 Å². The normalized spacial score (nSPS) is 11.1. The topological polar surface area (TPSA) is 81.4 Å². The third-order valence-electron chi connectivity index (χ3n) is 2.68. The molecular weight excluding hydrogens is 276 g/mol. The van der Waals surface area contributed by atoms with Crippen LogP contribution in [0.5, 0.6) is 5.75 Å². The Hall–Kier alpha value is -2.21. The molecule has 2 aromatic carbocycles. The van der Waals surface area contributed by atoms with Crippen LogP contribution in [-0.2, 0) is 15.8 Å². The molecule has 3 N–H and O–H groups in total. The van der Waals surface area contributed by atoms with E-state index in [0.717, 1.165) is 0 Å². The maximum absolute atomic E-state index is 12.1. The molecule has 6 heteroatoms. The Morgan fingerprint density at radius 1 is 1.15 bits per heavy atom. The lowest BCUT2D eigenvalue weighted by Crippen LogP contribution is -2.15. The maximum atomic E-state index is 12.1. The van der Waals surface area contributed by atoms with Crippen molar-refractivity contribution in [1.82, 2.24) is 0 Å². The number of nitrogen functional groups attached to an aromatic ring is 1. The number of methoxy groups -OCH3 is 1. The number of benzene rings is 2. The molecule has 0 bridgehead atoms. The molecule has 0 unspecified atom stereocenters. The van der Waals surface area contributed by atoms with Gasteiger partial charge in [0, 0.05) is 11.8 Å². The molecule has 0 aliphatic carbocycles. The van der Waals surface area contributed by atoms with Crippen molar-refractivity contribution in [2.45, 2.75) is 5.75 Å². The molecule has 0 aliphatic rings. The monoisotopic (exact) mass is 292 g/mol. The van der Waals surface area contributed by atoms with E-state index in [1.807, 2.05) is 0 Å². The third kappa shape index (κ3) is 3.89. The van der Waals surface area contributed by atoms with Crippen molar-refractivity contribution >= 4 is 21.4 Å². The fraction of sp³-hybridized carbons (Fsp3) is 0.143. The van der Waals surface area contributed by atoms with Crippen LogP contribution < -0.4 is 15.2 Å². The van der Waals surface area contributed by atoms with Crippen molar-refractivity contribution in [2.75, 3.05) is 17.6 Å². The van der Waals surface area contributed by atoms with Gasteiger partial charge in [0.05, 0.1) is 18.6 Å². The number of hydrogen-bond donors (Lipinski definition) is 2. The molecule has 5 nitrogen and oxygen atoms in total. The summed E-state index contributed by atoms with van der Waals surface area (Å²) in [4.78, 5) is 0. The molecule has 0 spiro atoms. The molecular formula is C14H16N2O3S. The summed E-state index contributed by atoms with van der Waals surface area (Å²) in [5.74, 6) is 0.488. The van der Waals surface area contributed by atoms with E-state index in [1.54, 1.807) is 48.5 Å². The van der Waals surface area contributed by atoms with Gasteiger partial charge in [0.25, 0.3) is 0 Å². The summed E-state index contributed by atoms with van der Waals surface area (Å²) in [5, 5.41) is 0. The summed E-state index contributed by atoms with van der Waals surface area (Å²) in [5.41, 5.74) is 7.32. The molecule has 0 aromatic heterocycles. The van der Waals surface area contributed by atoms with Gasteiger partial charge in [-0.05, 0) is 29.8 Å². The lowest BCUT2D eigenvalue weighted by atomic mass is 10.2. The number of anilines is 2. The van der Waals surface area contributed by atoms with Gasteiger partial charge in [-0.1, -0.05) is 18.2 Å². The van der Waals surface area contributed by atoms with E-state index >= 15 is 0 Å². The summed E-state index contributed by atoms with van der Waals surface area (Å²) >= 11 is 0. The van der Waals surface area contributed by atoms with Crippen LogP contribution >= 0.6 is 0 Å². The van der Waals surface area contributed by atoms with Crippen molar-refractivity contribution in [3.63, 3.8) is 0 Å². The number of ether oxygens (including phenoxy) is 1. The van der Waals surface area contributed by atoms with E-state index in [9.17, 15) is 8.42 Å². The number of hydrogen-bond acceptors (Lipinski definition) is 4. The van der Waals surface area contributed by atoms with Crippen molar-refractivity contribution in [3.8, 4) is 5.75 Å². The standard InChI is InChI=1S/C14H16N2O3S/c1-19-14-4-2-3-13(9-14)16-20(17,18)10-11-5-7-12(15)8-6-11/h2-9,16H,10,15H2,1H3. The number of rotatable bonds is 5. The van der Waals surface area contributed by atoms with Crippen molar-refractivity contribution in [1.29, 1.82) is 0 Å². The first-order valence-corrected chi connectivity index (χ1v) is 7.63. The fourth-order valence-corrected chi connectivity index (χ4v) is 2.93. The first-order valence-electron chi connectivity index (χ1n) is 5.97. The molecule has 0 atom stereocenters. The van der Waals surface area contributed by atoms with E-state index < -0.39 is 10.0 Å². The minimum absolute atomic E-state index is 0.107. The molecule has 0 fully saturated rings. The van der Waals surface area contributed by atoms with Crippen LogP contribution in [0.15, 0.2) is 48.5 Å². The lowest BCUT2D eigenvalue weighted by Gasteiger charge is -2.09. The highest BCUT2D eigenvalue weighted by molar-refractivity contribution is 7.91. The largest absolute Gasteiger partial charge is 0.497 e. The molecule has 0 saturated carbocycles. The number of sulfonamides is 1. The van der Waals surface area contributed by atoms with Crippen LogP contribution in [0.3, 0.4) is 0 Å². The van der Waals surface area contributed by atoms with Gasteiger partial charge in [0.15, 0.2) is 0 Å². The zero-order chi connectivity index (χ0) is 14.6. The molecule has 20 heavy (non-hydrogen) atoms. The van der Waals surface area contributed by atoms with Crippen LogP contribution in [0.4, 0.5) is 11.4 Å². The van der Waals surface area contributed by atoms with Gasteiger partial charge in [-0.2, -0.15) is 0 Å². The highest BCUT2D eigenvalue weighted by atomic mass is 32.2. The zero-order valence-electron chi connectivity index (χ0n) is 11.0. The van der Waals surface area contributed by atoms with Crippen molar-refractivity contribution < 1.29 is 13.2 Å². The van der Waals surface area contributed by atoms with Crippen molar-refractivity contribution in [3.05, 3.63) is 54.1 Å². The molecule has 2 rings (SSSR count). The zero-order valence-corrected chi connectivity index (χ0v) is 11.9. The number of nitrogens with two attached hydrogens (primary N) is 1. The molecule has 0 aliphatic heterocycles. The van der Waals surface area contributed by atoms with Gasteiger partial charge < -0.3 is 10.5 Å². The predicted molar refractivity (Wildman–Crippen MR) is 80.1 cm³/mol. The van der Waals surface area contributed by atoms with E-state index in [1.165, 1.54) is 7.11 Å². The Balaban J connectivity index is 2.12. The second-order valence-electron chi connectivity index (χ2n) is 4.33. The van der Waals surface area contributed by atoms with E-state index in [4.69, 9.17) is 10.5 Å². The second kappa shape index (κ2) is 5.83. The van der Waals surface area contributed by atoms with Gasteiger partial charge in [0.1, 0.15) is 5.75 Å². The van der Waals surface area contributed by atoms with Gasteiger partial charge >= 0.3 is 0 Å². The van der Waals surface area contributed by atoms with Gasteiger partial charge in [-0.15, -0.1) is 0 Å². The molecule has 0 saturated heterocycles. The fourth-order valence-electron chi connectivity index (χ4n) is 1.74. The highest BCUT2D eigenvalue weighted by Crippen LogP contribution is 2.19. The molecule has 2 aromatic rings. The molecule has 0 amide bonds. The predicted octanol–water partition coefficient (Wildman–Crippen LogP) is 2.22. The van der Waals surface area contributed by atoms with Gasteiger partial charge in [-0.3, -0.25) is 4.72 Å². The lowest BCUT2D eigenvalue weighted by molar-refractivity contribution is 0.415. The number of nitrogens with one attached hydrogen (secondary N) is 1. The summed E-state index contributed by atoms with van der Waals surface area (Å²) in [6.45, 7) is 0. The van der Waals surface area contributed by atoms with E-state index in [2.05, 4.69) is 4.72 Å². The van der Waals surface area contributed by atoms with Gasteiger partial charge in [-0.25, -0.2) is 8.42 Å². The van der Waals surface area contributed by atoms with Crippen LogP contribution in [0.25, 0.3) is 0 Å². The minimum Gasteiger partial charge on any atom is -0.497 e. The summed E-state index contributed by atoms with van der Waals surface area (Å²) in [6.07, 6.45) is 0. The highest BCUT2D eigenvalue weighted by Gasteiger charge is 2.12.